The molecule has 0 aromatic heterocycles. The number of hydrogen-bond acceptors (Lipinski definition) is 4. The van der Waals surface area contributed by atoms with Crippen LogP contribution in [0.2, 0.25) is 0 Å². The van der Waals surface area contributed by atoms with Crippen LogP contribution in [0.1, 0.15) is 33.1 Å². The summed E-state index contributed by atoms with van der Waals surface area (Å²) < 4.78 is 12.1. The number of rotatable bonds is 5. The normalized spacial score (nSPS) is 34.2. The molecule has 126 valence electrons. The number of likely N-dealkylation sites (N-methyl/N-ethyl adjacent to an activating group) is 1. The summed E-state index contributed by atoms with van der Waals surface area (Å²) in [6, 6.07) is 0. The molecule has 0 aromatic rings. The molecule has 1 amide bonds. The fourth-order valence-corrected chi connectivity index (χ4v) is 4.00. The summed E-state index contributed by atoms with van der Waals surface area (Å²) in [5, 5.41) is 0. The lowest BCUT2D eigenvalue weighted by Crippen LogP contribution is -2.49. The van der Waals surface area contributed by atoms with E-state index in [0.29, 0.717) is 18.4 Å². The molecule has 0 bridgehead atoms. The monoisotopic (exact) mass is 310 g/mol. The SMILES string of the molecule is CCN1CC(CO[C@H]2CCC3C(=O)N(CC)CCOC3C2)C1. The van der Waals surface area contributed by atoms with Crippen molar-refractivity contribution in [2.24, 2.45) is 11.8 Å². The smallest absolute Gasteiger partial charge is 0.228 e. The van der Waals surface area contributed by atoms with Crippen molar-refractivity contribution in [1.29, 1.82) is 0 Å². The highest BCUT2D eigenvalue weighted by Crippen LogP contribution is 2.32. The van der Waals surface area contributed by atoms with E-state index in [1.807, 2.05) is 11.8 Å². The Morgan fingerprint density at radius 1 is 1.23 bits per heavy atom. The van der Waals surface area contributed by atoms with E-state index < -0.39 is 0 Å². The first kappa shape index (κ1) is 16.2. The third kappa shape index (κ3) is 3.47. The van der Waals surface area contributed by atoms with Gasteiger partial charge in [0.2, 0.25) is 5.91 Å². The summed E-state index contributed by atoms with van der Waals surface area (Å²) in [6.07, 6.45) is 3.14. The second-order valence-electron chi connectivity index (χ2n) is 6.92. The molecule has 1 saturated carbocycles. The highest BCUT2D eigenvalue weighted by atomic mass is 16.5. The van der Waals surface area contributed by atoms with Crippen molar-refractivity contribution in [2.45, 2.75) is 45.3 Å². The quantitative estimate of drug-likeness (QED) is 0.769. The van der Waals surface area contributed by atoms with Gasteiger partial charge in [0, 0.05) is 38.5 Å². The lowest BCUT2D eigenvalue weighted by atomic mass is 9.83. The molecular weight excluding hydrogens is 280 g/mol. The molecule has 0 radical (unpaired) electrons. The number of nitrogens with zero attached hydrogens (tertiary/aromatic N) is 2. The van der Waals surface area contributed by atoms with Gasteiger partial charge in [-0.1, -0.05) is 6.92 Å². The first-order valence-corrected chi connectivity index (χ1v) is 8.95. The highest BCUT2D eigenvalue weighted by Gasteiger charge is 2.40. The van der Waals surface area contributed by atoms with Crippen LogP contribution in [-0.2, 0) is 14.3 Å². The number of hydrogen-bond donors (Lipinski definition) is 0. The Kier molecular flexibility index (Phi) is 5.37. The van der Waals surface area contributed by atoms with E-state index in [2.05, 4.69) is 11.8 Å². The first-order valence-electron chi connectivity index (χ1n) is 8.95. The lowest BCUT2D eigenvalue weighted by Gasteiger charge is -2.40. The molecule has 3 fully saturated rings. The van der Waals surface area contributed by atoms with Gasteiger partial charge < -0.3 is 19.3 Å². The maximum atomic E-state index is 12.5. The minimum absolute atomic E-state index is 0.0570. The Bertz CT molecular complexity index is 384. The average Bonchev–Trinajstić information content (AvgIpc) is 2.65. The number of ether oxygens (including phenoxy) is 2. The molecule has 22 heavy (non-hydrogen) atoms. The summed E-state index contributed by atoms with van der Waals surface area (Å²) in [5.74, 6) is 1.05. The van der Waals surface area contributed by atoms with Crippen LogP contribution in [-0.4, -0.2) is 73.9 Å². The third-order valence-electron chi connectivity index (χ3n) is 5.49. The maximum absolute atomic E-state index is 12.5. The van der Waals surface area contributed by atoms with Crippen LogP contribution >= 0.6 is 0 Å². The maximum Gasteiger partial charge on any atom is 0.228 e. The molecule has 5 heteroatoms. The van der Waals surface area contributed by atoms with E-state index >= 15 is 0 Å². The Balaban J connectivity index is 1.46. The zero-order chi connectivity index (χ0) is 15.5. The Labute approximate surface area is 133 Å². The molecule has 3 rings (SSSR count). The summed E-state index contributed by atoms with van der Waals surface area (Å²) >= 11 is 0. The van der Waals surface area contributed by atoms with Crippen molar-refractivity contribution in [2.75, 3.05) is 45.9 Å². The van der Waals surface area contributed by atoms with E-state index in [-0.39, 0.29) is 18.1 Å². The predicted octanol–water partition coefficient (Wildman–Crippen LogP) is 1.37. The summed E-state index contributed by atoms with van der Waals surface area (Å²) in [5.41, 5.74) is 0. The minimum atomic E-state index is 0.0570. The van der Waals surface area contributed by atoms with Gasteiger partial charge in [0.15, 0.2) is 0 Å². The Morgan fingerprint density at radius 3 is 2.77 bits per heavy atom. The van der Waals surface area contributed by atoms with Gasteiger partial charge in [0.1, 0.15) is 0 Å². The number of likely N-dealkylation sites (tertiary alicyclic amines) is 1. The predicted molar refractivity (Wildman–Crippen MR) is 84.7 cm³/mol. The zero-order valence-electron chi connectivity index (χ0n) is 14.0. The van der Waals surface area contributed by atoms with Crippen molar-refractivity contribution in [1.82, 2.24) is 9.80 Å². The van der Waals surface area contributed by atoms with E-state index in [1.165, 1.54) is 13.1 Å². The van der Waals surface area contributed by atoms with Crippen molar-refractivity contribution >= 4 is 5.91 Å². The molecule has 2 unspecified atom stereocenters. The summed E-state index contributed by atoms with van der Waals surface area (Å²) in [4.78, 5) is 16.9. The molecule has 0 N–H and O–H groups in total. The number of carbonyl (C=O) groups is 1. The fourth-order valence-electron chi connectivity index (χ4n) is 4.00. The van der Waals surface area contributed by atoms with Crippen molar-refractivity contribution in [3.05, 3.63) is 0 Å². The topological polar surface area (TPSA) is 42.0 Å². The van der Waals surface area contributed by atoms with Crippen LogP contribution in [0.15, 0.2) is 0 Å². The van der Waals surface area contributed by atoms with Gasteiger partial charge in [-0.05, 0) is 26.3 Å². The van der Waals surface area contributed by atoms with E-state index in [1.54, 1.807) is 0 Å². The molecule has 3 atom stereocenters. The molecule has 2 aliphatic heterocycles. The van der Waals surface area contributed by atoms with Crippen molar-refractivity contribution in [3.8, 4) is 0 Å². The molecule has 5 nitrogen and oxygen atoms in total. The van der Waals surface area contributed by atoms with Crippen LogP contribution < -0.4 is 0 Å². The van der Waals surface area contributed by atoms with Gasteiger partial charge in [-0.3, -0.25) is 4.79 Å². The third-order valence-corrected chi connectivity index (χ3v) is 5.49. The average molecular weight is 310 g/mol. The van der Waals surface area contributed by atoms with Gasteiger partial charge in [-0.2, -0.15) is 0 Å². The fraction of sp³-hybridized carbons (Fsp3) is 0.941. The van der Waals surface area contributed by atoms with Gasteiger partial charge in [0.05, 0.1) is 31.3 Å². The minimum Gasteiger partial charge on any atom is -0.378 e. The van der Waals surface area contributed by atoms with Crippen molar-refractivity contribution < 1.29 is 14.3 Å². The molecular formula is C17H30N2O3. The van der Waals surface area contributed by atoms with E-state index in [9.17, 15) is 4.79 Å². The molecule has 0 aromatic carbocycles. The van der Waals surface area contributed by atoms with Crippen LogP contribution in [0, 0.1) is 11.8 Å². The summed E-state index contributed by atoms with van der Waals surface area (Å²) in [6.45, 7) is 10.8. The molecule has 2 saturated heterocycles. The molecule has 1 aliphatic carbocycles. The first-order chi connectivity index (χ1) is 10.7. The van der Waals surface area contributed by atoms with Gasteiger partial charge in [0.25, 0.3) is 0 Å². The number of carbonyl (C=O) groups excluding carboxylic acids is 1. The number of amides is 1. The summed E-state index contributed by atoms with van der Waals surface area (Å²) in [7, 11) is 0. The Morgan fingerprint density at radius 2 is 2.05 bits per heavy atom. The second kappa shape index (κ2) is 7.28. The van der Waals surface area contributed by atoms with Crippen LogP contribution in [0.5, 0.6) is 0 Å². The van der Waals surface area contributed by atoms with E-state index in [4.69, 9.17) is 9.47 Å². The van der Waals surface area contributed by atoms with Gasteiger partial charge in [-0.15, -0.1) is 0 Å². The van der Waals surface area contributed by atoms with Crippen LogP contribution in [0.4, 0.5) is 0 Å². The van der Waals surface area contributed by atoms with Crippen LogP contribution in [0.3, 0.4) is 0 Å². The molecule has 2 heterocycles. The zero-order valence-corrected chi connectivity index (χ0v) is 14.0. The second-order valence-corrected chi connectivity index (χ2v) is 6.92. The Hall–Kier alpha value is -0.650. The lowest BCUT2D eigenvalue weighted by molar-refractivity contribution is -0.141. The number of fused-ring (bicyclic) bond motifs is 1. The highest BCUT2D eigenvalue weighted by molar-refractivity contribution is 5.79. The van der Waals surface area contributed by atoms with Crippen LogP contribution in [0.25, 0.3) is 0 Å². The molecule has 3 aliphatic rings. The van der Waals surface area contributed by atoms with E-state index in [0.717, 1.165) is 45.5 Å². The molecule has 0 spiro atoms. The van der Waals surface area contributed by atoms with Crippen molar-refractivity contribution in [3.63, 3.8) is 0 Å². The largest absolute Gasteiger partial charge is 0.378 e. The van der Waals surface area contributed by atoms with Gasteiger partial charge in [-0.25, -0.2) is 0 Å². The van der Waals surface area contributed by atoms with Gasteiger partial charge >= 0.3 is 0 Å². The standard InChI is InChI=1S/C17H30N2O3/c1-3-18-10-13(11-18)12-22-14-5-6-15-16(9-14)21-8-7-19(4-2)17(15)20/h13-16H,3-12H2,1-2H3/t14-,15?,16?/m0/s1.